The molecule has 2 aromatic rings. The van der Waals surface area contributed by atoms with Crippen molar-refractivity contribution in [3.05, 3.63) is 47.7 Å². The Morgan fingerprint density at radius 2 is 2.05 bits per heavy atom. The van der Waals surface area contributed by atoms with Crippen LogP contribution in [-0.4, -0.2) is 22.9 Å². The summed E-state index contributed by atoms with van der Waals surface area (Å²) in [6, 6.07) is 9.80. The SMILES string of the molecule is COC(=O)Cc1cn(C)nc1OCc1ccccc1. The Balaban J connectivity index is 2.05. The van der Waals surface area contributed by atoms with Gasteiger partial charge in [-0.15, -0.1) is 5.10 Å². The highest BCUT2D eigenvalue weighted by Crippen LogP contribution is 2.18. The summed E-state index contributed by atoms with van der Waals surface area (Å²) in [6.45, 7) is 0.423. The molecule has 0 unspecified atom stereocenters. The highest BCUT2D eigenvalue weighted by atomic mass is 16.5. The molecule has 5 nitrogen and oxygen atoms in total. The highest BCUT2D eigenvalue weighted by molar-refractivity contribution is 5.73. The molecule has 2 rings (SSSR count). The van der Waals surface area contributed by atoms with Crippen LogP contribution >= 0.6 is 0 Å². The highest BCUT2D eigenvalue weighted by Gasteiger charge is 2.13. The fourth-order valence-corrected chi connectivity index (χ4v) is 1.71. The Labute approximate surface area is 111 Å². The predicted molar refractivity (Wildman–Crippen MR) is 69.7 cm³/mol. The monoisotopic (exact) mass is 260 g/mol. The average Bonchev–Trinajstić information content (AvgIpc) is 2.77. The fourth-order valence-electron chi connectivity index (χ4n) is 1.71. The second kappa shape index (κ2) is 6.04. The Kier molecular flexibility index (Phi) is 4.18. The zero-order valence-electron chi connectivity index (χ0n) is 11.0. The lowest BCUT2D eigenvalue weighted by atomic mass is 10.2. The molecular weight excluding hydrogens is 244 g/mol. The van der Waals surface area contributed by atoms with E-state index in [0.29, 0.717) is 12.5 Å². The largest absolute Gasteiger partial charge is 0.472 e. The molecule has 0 aliphatic rings. The van der Waals surface area contributed by atoms with Crippen molar-refractivity contribution >= 4 is 5.97 Å². The molecule has 0 amide bonds. The van der Waals surface area contributed by atoms with E-state index in [4.69, 9.17) is 4.74 Å². The standard InChI is InChI=1S/C14H16N2O3/c1-16-9-12(8-13(17)18-2)14(15-16)19-10-11-6-4-3-5-7-11/h3-7,9H,8,10H2,1-2H3. The van der Waals surface area contributed by atoms with Crippen LogP contribution in [0.1, 0.15) is 11.1 Å². The minimum Gasteiger partial charge on any atom is -0.472 e. The van der Waals surface area contributed by atoms with Crippen molar-refractivity contribution in [2.24, 2.45) is 7.05 Å². The van der Waals surface area contributed by atoms with Crippen LogP contribution in [0.25, 0.3) is 0 Å². The van der Waals surface area contributed by atoms with E-state index in [1.165, 1.54) is 7.11 Å². The number of benzene rings is 1. The summed E-state index contributed by atoms with van der Waals surface area (Å²) in [4.78, 5) is 11.3. The molecule has 1 heterocycles. The van der Waals surface area contributed by atoms with Crippen LogP contribution in [0.15, 0.2) is 36.5 Å². The Hall–Kier alpha value is -2.30. The molecule has 1 aromatic heterocycles. The van der Waals surface area contributed by atoms with Gasteiger partial charge in [0.2, 0.25) is 5.88 Å². The number of methoxy groups -OCH3 is 1. The molecule has 0 atom stereocenters. The fraction of sp³-hybridized carbons (Fsp3) is 0.286. The van der Waals surface area contributed by atoms with E-state index in [-0.39, 0.29) is 12.4 Å². The molecule has 0 aliphatic carbocycles. The van der Waals surface area contributed by atoms with Crippen LogP contribution < -0.4 is 4.74 Å². The molecule has 0 saturated heterocycles. The molecule has 19 heavy (non-hydrogen) atoms. The Bertz CT molecular complexity index is 549. The first-order chi connectivity index (χ1) is 9.19. The third-order valence-electron chi connectivity index (χ3n) is 2.65. The number of hydrogen-bond donors (Lipinski definition) is 0. The lowest BCUT2D eigenvalue weighted by molar-refractivity contribution is -0.139. The van der Waals surface area contributed by atoms with Crippen molar-refractivity contribution in [2.45, 2.75) is 13.0 Å². The quantitative estimate of drug-likeness (QED) is 0.768. The lowest BCUT2D eigenvalue weighted by Crippen LogP contribution is -2.05. The van der Waals surface area contributed by atoms with Crippen LogP contribution in [0.3, 0.4) is 0 Å². The number of rotatable bonds is 5. The molecule has 0 N–H and O–H groups in total. The second-order valence-electron chi connectivity index (χ2n) is 4.16. The predicted octanol–water partition coefficient (Wildman–Crippen LogP) is 1.71. The molecule has 1 aromatic carbocycles. The van der Waals surface area contributed by atoms with Gasteiger partial charge < -0.3 is 9.47 Å². The smallest absolute Gasteiger partial charge is 0.310 e. The maximum absolute atomic E-state index is 11.3. The van der Waals surface area contributed by atoms with Crippen LogP contribution in [0.2, 0.25) is 0 Å². The number of hydrogen-bond acceptors (Lipinski definition) is 4. The average molecular weight is 260 g/mol. The Morgan fingerprint density at radius 3 is 2.74 bits per heavy atom. The summed E-state index contributed by atoms with van der Waals surface area (Å²) < 4.78 is 11.9. The molecule has 5 heteroatoms. The van der Waals surface area contributed by atoms with Crippen molar-refractivity contribution in [2.75, 3.05) is 7.11 Å². The first-order valence-corrected chi connectivity index (χ1v) is 5.95. The number of carbonyl (C=O) groups excluding carboxylic acids is 1. The molecule has 0 bridgehead atoms. The van der Waals surface area contributed by atoms with Gasteiger partial charge in [0.15, 0.2) is 0 Å². The van der Waals surface area contributed by atoms with Gasteiger partial charge in [-0.05, 0) is 5.56 Å². The summed E-state index contributed by atoms with van der Waals surface area (Å²) >= 11 is 0. The van der Waals surface area contributed by atoms with Crippen molar-refractivity contribution in [3.63, 3.8) is 0 Å². The van der Waals surface area contributed by atoms with E-state index in [2.05, 4.69) is 9.84 Å². The molecule has 0 fully saturated rings. The minimum absolute atomic E-state index is 0.161. The van der Waals surface area contributed by atoms with Gasteiger partial charge in [0.1, 0.15) is 6.61 Å². The summed E-state index contributed by atoms with van der Waals surface area (Å²) in [5.74, 6) is 0.161. The summed E-state index contributed by atoms with van der Waals surface area (Å²) in [6.07, 6.45) is 1.92. The zero-order valence-corrected chi connectivity index (χ0v) is 11.0. The maximum Gasteiger partial charge on any atom is 0.310 e. The number of aromatic nitrogens is 2. The molecule has 100 valence electrons. The molecule has 0 spiro atoms. The zero-order chi connectivity index (χ0) is 13.7. The van der Waals surface area contributed by atoms with Crippen LogP contribution in [0.4, 0.5) is 0 Å². The third-order valence-corrected chi connectivity index (χ3v) is 2.65. The van der Waals surface area contributed by atoms with Crippen molar-refractivity contribution in [3.8, 4) is 5.88 Å². The van der Waals surface area contributed by atoms with Crippen molar-refractivity contribution < 1.29 is 14.3 Å². The number of esters is 1. The van der Waals surface area contributed by atoms with Crippen LogP contribution in [-0.2, 0) is 29.6 Å². The van der Waals surface area contributed by atoms with E-state index in [1.807, 2.05) is 30.3 Å². The van der Waals surface area contributed by atoms with E-state index >= 15 is 0 Å². The first kappa shape index (κ1) is 13.1. The molecule has 0 radical (unpaired) electrons. The van der Waals surface area contributed by atoms with Gasteiger partial charge in [-0.2, -0.15) is 0 Å². The number of carbonyl (C=O) groups is 1. The summed E-state index contributed by atoms with van der Waals surface area (Å²) in [5.41, 5.74) is 1.78. The molecule has 0 aliphatic heterocycles. The van der Waals surface area contributed by atoms with Gasteiger partial charge in [0.05, 0.1) is 13.5 Å². The van der Waals surface area contributed by atoms with E-state index in [1.54, 1.807) is 17.9 Å². The topological polar surface area (TPSA) is 53.4 Å². The molecule has 0 saturated carbocycles. The van der Waals surface area contributed by atoms with Gasteiger partial charge in [-0.1, -0.05) is 30.3 Å². The third kappa shape index (κ3) is 3.58. The van der Waals surface area contributed by atoms with E-state index < -0.39 is 0 Å². The van der Waals surface area contributed by atoms with Gasteiger partial charge in [-0.25, -0.2) is 0 Å². The normalized spacial score (nSPS) is 10.2. The minimum atomic E-state index is -0.308. The van der Waals surface area contributed by atoms with Crippen molar-refractivity contribution in [1.82, 2.24) is 9.78 Å². The Morgan fingerprint density at radius 1 is 1.32 bits per heavy atom. The van der Waals surface area contributed by atoms with Gasteiger partial charge in [0, 0.05) is 18.8 Å². The van der Waals surface area contributed by atoms with E-state index in [0.717, 1.165) is 11.1 Å². The first-order valence-electron chi connectivity index (χ1n) is 5.95. The lowest BCUT2D eigenvalue weighted by Gasteiger charge is -2.05. The number of nitrogens with zero attached hydrogens (tertiary/aromatic N) is 2. The second-order valence-corrected chi connectivity index (χ2v) is 4.16. The van der Waals surface area contributed by atoms with Gasteiger partial charge in [-0.3, -0.25) is 9.48 Å². The van der Waals surface area contributed by atoms with Crippen LogP contribution in [0, 0.1) is 0 Å². The van der Waals surface area contributed by atoms with Gasteiger partial charge >= 0.3 is 5.97 Å². The number of ether oxygens (including phenoxy) is 2. The number of aryl methyl sites for hydroxylation is 1. The van der Waals surface area contributed by atoms with Gasteiger partial charge in [0.25, 0.3) is 0 Å². The van der Waals surface area contributed by atoms with Crippen LogP contribution in [0.5, 0.6) is 5.88 Å². The van der Waals surface area contributed by atoms with E-state index in [9.17, 15) is 4.79 Å². The van der Waals surface area contributed by atoms with Crippen molar-refractivity contribution in [1.29, 1.82) is 0 Å². The molecular formula is C14H16N2O3. The maximum atomic E-state index is 11.3. The summed E-state index contributed by atoms with van der Waals surface area (Å²) in [7, 11) is 3.15. The summed E-state index contributed by atoms with van der Waals surface area (Å²) in [5, 5.41) is 4.20.